The molecule has 0 radical (unpaired) electrons. The summed E-state index contributed by atoms with van der Waals surface area (Å²) in [5.41, 5.74) is 5.20. The van der Waals surface area contributed by atoms with Crippen LogP contribution in [0.3, 0.4) is 0 Å². The number of sulfone groups is 1. The third-order valence-electron chi connectivity index (χ3n) is 2.28. The molecule has 20 heavy (non-hydrogen) atoms. The van der Waals surface area contributed by atoms with Gasteiger partial charge in [-0.05, 0) is 39.2 Å². The van der Waals surface area contributed by atoms with Gasteiger partial charge in [0, 0.05) is 11.8 Å². The van der Waals surface area contributed by atoms with Crippen LogP contribution < -0.4 is 16.4 Å². The first kappa shape index (κ1) is 16.7. The van der Waals surface area contributed by atoms with E-state index in [1.165, 1.54) is 0 Å². The number of carbonyl (C=O) groups is 1. The molecule has 114 valence electrons. The Hall–Kier alpha value is -1.35. The van der Waals surface area contributed by atoms with Crippen LogP contribution in [0.15, 0.2) is 4.90 Å². The van der Waals surface area contributed by atoms with Gasteiger partial charge < -0.3 is 16.4 Å². The van der Waals surface area contributed by atoms with Gasteiger partial charge in [-0.2, -0.15) is 4.37 Å². The number of anilines is 2. The zero-order valence-electron chi connectivity index (χ0n) is 12.1. The van der Waals surface area contributed by atoms with Crippen molar-refractivity contribution < 1.29 is 13.2 Å². The number of hydrogen-bond donors (Lipinski definition) is 3. The summed E-state index contributed by atoms with van der Waals surface area (Å²) in [6, 6.07) is -0.602. The molecule has 9 heteroatoms. The van der Waals surface area contributed by atoms with E-state index in [9.17, 15) is 13.2 Å². The summed E-state index contributed by atoms with van der Waals surface area (Å²) in [5, 5.41) is 5.93. The van der Waals surface area contributed by atoms with E-state index < -0.39 is 15.9 Å². The molecule has 0 fully saturated rings. The minimum atomic E-state index is -3.50. The van der Waals surface area contributed by atoms with Crippen LogP contribution in [0.1, 0.15) is 27.7 Å². The molecule has 0 bridgehead atoms. The van der Waals surface area contributed by atoms with Crippen LogP contribution in [0.4, 0.5) is 10.8 Å². The highest BCUT2D eigenvalue weighted by Gasteiger charge is 2.25. The number of nitrogens with one attached hydrogen (secondary N) is 2. The third kappa shape index (κ3) is 4.34. The number of amides is 1. The number of nitrogens with two attached hydrogens (primary N) is 1. The Kier molecular flexibility index (Phi) is 4.65. The predicted molar refractivity (Wildman–Crippen MR) is 80.6 cm³/mol. The quantitative estimate of drug-likeness (QED) is 0.757. The number of hydrogen-bond acceptors (Lipinski definition) is 7. The summed E-state index contributed by atoms with van der Waals surface area (Å²) in [4.78, 5) is 11.9. The fraction of sp³-hybridized carbons (Fsp3) is 0.636. The Morgan fingerprint density at radius 1 is 1.40 bits per heavy atom. The maximum Gasteiger partial charge on any atom is 0.242 e. The number of nitrogens with zero attached hydrogens (tertiary/aromatic N) is 1. The van der Waals surface area contributed by atoms with Crippen LogP contribution in [-0.4, -0.2) is 36.5 Å². The van der Waals surface area contributed by atoms with Gasteiger partial charge in [0.15, 0.2) is 15.7 Å². The highest BCUT2D eigenvalue weighted by atomic mass is 32.2. The van der Waals surface area contributed by atoms with E-state index in [1.54, 1.807) is 6.92 Å². The molecule has 0 aromatic carbocycles. The molecule has 0 saturated carbocycles. The zero-order valence-corrected chi connectivity index (χ0v) is 13.8. The standard InChI is InChI=1S/C11H20N4O3S2/c1-6(9(16)14-11(2,3)4)13-10-7(20(5,17)18)8(12)15-19-10/h6,13H,1-5H3,(H2,12,15)(H,14,16). The molecule has 1 atom stereocenters. The average Bonchev–Trinajstić information content (AvgIpc) is 2.56. The first-order valence-corrected chi connectivity index (χ1v) is 8.62. The fourth-order valence-corrected chi connectivity index (χ4v) is 3.63. The Morgan fingerprint density at radius 3 is 2.40 bits per heavy atom. The van der Waals surface area contributed by atoms with E-state index in [-0.39, 0.29) is 27.2 Å². The average molecular weight is 320 g/mol. The van der Waals surface area contributed by atoms with Gasteiger partial charge in [0.05, 0.1) is 0 Å². The van der Waals surface area contributed by atoms with E-state index >= 15 is 0 Å². The third-order valence-corrected chi connectivity index (χ3v) is 4.36. The van der Waals surface area contributed by atoms with Crippen LogP contribution in [0.5, 0.6) is 0 Å². The van der Waals surface area contributed by atoms with Gasteiger partial charge in [0.1, 0.15) is 15.9 Å². The Morgan fingerprint density at radius 2 is 1.95 bits per heavy atom. The molecule has 1 unspecified atom stereocenters. The molecular formula is C11H20N4O3S2. The Bertz CT molecular complexity index is 602. The molecule has 4 N–H and O–H groups in total. The van der Waals surface area contributed by atoms with Crippen molar-refractivity contribution in [3.8, 4) is 0 Å². The summed E-state index contributed by atoms with van der Waals surface area (Å²) in [7, 11) is -3.50. The van der Waals surface area contributed by atoms with Crippen molar-refractivity contribution in [2.75, 3.05) is 17.3 Å². The lowest BCUT2D eigenvalue weighted by Gasteiger charge is -2.23. The topological polar surface area (TPSA) is 114 Å². The van der Waals surface area contributed by atoms with E-state index in [4.69, 9.17) is 5.73 Å². The van der Waals surface area contributed by atoms with E-state index in [0.717, 1.165) is 17.8 Å². The molecule has 1 amide bonds. The first-order chi connectivity index (χ1) is 8.92. The molecule has 0 saturated heterocycles. The van der Waals surface area contributed by atoms with Crippen molar-refractivity contribution in [2.24, 2.45) is 0 Å². The summed E-state index contributed by atoms with van der Waals surface area (Å²) in [6.45, 7) is 7.24. The van der Waals surface area contributed by atoms with Crippen molar-refractivity contribution >= 4 is 38.1 Å². The second kappa shape index (κ2) is 5.57. The lowest BCUT2D eigenvalue weighted by Crippen LogP contribution is -2.47. The first-order valence-electron chi connectivity index (χ1n) is 5.95. The second-order valence-corrected chi connectivity index (χ2v) is 8.33. The van der Waals surface area contributed by atoms with Gasteiger partial charge in [0.25, 0.3) is 0 Å². The van der Waals surface area contributed by atoms with Gasteiger partial charge in [-0.25, -0.2) is 8.42 Å². The van der Waals surface area contributed by atoms with E-state index in [2.05, 4.69) is 15.0 Å². The highest BCUT2D eigenvalue weighted by molar-refractivity contribution is 7.91. The molecule has 1 heterocycles. The van der Waals surface area contributed by atoms with E-state index in [1.807, 2.05) is 20.8 Å². The van der Waals surface area contributed by atoms with Crippen LogP contribution >= 0.6 is 11.5 Å². The predicted octanol–water partition coefficient (Wildman–Crippen LogP) is 0.844. The normalized spacial score (nSPS) is 13.8. The number of aromatic nitrogens is 1. The lowest BCUT2D eigenvalue weighted by atomic mass is 10.1. The number of rotatable bonds is 4. The highest BCUT2D eigenvalue weighted by Crippen LogP contribution is 2.31. The van der Waals surface area contributed by atoms with Gasteiger partial charge in [-0.3, -0.25) is 4.79 Å². The van der Waals surface area contributed by atoms with Crippen molar-refractivity contribution in [1.29, 1.82) is 0 Å². The van der Waals surface area contributed by atoms with Crippen LogP contribution in [0.25, 0.3) is 0 Å². The summed E-state index contributed by atoms with van der Waals surface area (Å²) < 4.78 is 27.1. The van der Waals surface area contributed by atoms with Gasteiger partial charge >= 0.3 is 0 Å². The van der Waals surface area contributed by atoms with Crippen molar-refractivity contribution in [3.63, 3.8) is 0 Å². The molecule has 0 aliphatic rings. The molecule has 1 aromatic heterocycles. The van der Waals surface area contributed by atoms with E-state index in [0.29, 0.717) is 0 Å². The molecule has 1 rings (SSSR count). The maximum atomic E-state index is 12.0. The monoisotopic (exact) mass is 320 g/mol. The minimum absolute atomic E-state index is 0.0524. The maximum absolute atomic E-state index is 12.0. The van der Waals surface area contributed by atoms with Gasteiger partial charge in [-0.1, -0.05) is 0 Å². The van der Waals surface area contributed by atoms with Gasteiger partial charge in [0.2, 0.25) is 5.91 Å². The molecule has 0 spiro atoms. The molecule has 0 aliphatic carbocycles. The largest absolute Gasteiger partial charge is 0.382 e. The zero-order chi connectivity index (χ0) is 15.7. The van der Waals surface area contributed by atoms with Crippen LogP contribution in [-0.2, 0) is 14.6 Å². The summed E-state index contributed by atoms with van der Waals surface area (Å²) in [6.07, 6.45) is 1.05. The molecule has 1 aromatic rings. The summed E-state index contributed by atoms with van der Waals surface area (Å²) in [5.74, 6) is -0.285. The van der Waals surface area contributed by atoms with Crippen LogP contribution in [0, 0.1) is 0 Å². The Labute approximate surface area is 123 Å². The van der Waals surface area contributed by atoms with Crippen LogP contribution in [0.2, 0.25) is 0 Å². The lowest BCUT2D eigenvalue weighted by molar-refractivity contribution is -0.122. The second-order valence-electron chi connectivity index (χ2n) is 5.60. The number of nitrogen functional groups attached to an aromatic ring is 1. The van der Waals surface area contributed by atoms with Crippen molar-refractivity contribution in [1.82, 2.24) is 9.69 Å². The van der Waals surface area contributed by atoms with Gasteiger partial charge in [-0.15, -0.1) is 0 Å². The van der Waals surface area contributed by atoms with Crippen molar-refractivity contribution in [2.45, 2.75) is 44.2 Å². The SMILES string of the molecule is CC(Nc1snc(N)c1S(C)(=O)=O)C(=O)NC(C)(C)C. The molecule has 7 nitrogen and oxygen atoms in total. The molecular weight excluding hydrogens is 300 g/mol. The molecule has 0 aliphatic heterocycles. The fourth-order valence-electron chi connectivity index (χ4n) is 1.48. The summed E-state index contributed by atoms with van der Waals surface area (Å²) >= 11 is 0.921. The smallest absolute Gasteiger partial charge is 0.242 e. The number of carbonyl (C=O) groups excluding carboxylic acids is 1. The van der Waals surface area contributed by atoms with Crippen molar-refractivity contribution in [3.05, 3.63) is 0 Å². The minimum Gasteiger partial charge on any atom is -0.382 e. The Balaban J connectivity index is 2.93.